The van der Waals surface area contributed by atoms with Crippen molar-refractivity contribution in [3.05, 3.63) is 0 Å². The Kier molecular flexibility index (Phi) is 1130. The van der Waals surface area contributed by atoms with Gasteiger partial charge in [0.25, 0.3) is 0 Å². The second-order valence-corrected chi connectivity index (χ2v) is 0. The molecule has 0 saturated carbocycles. The summed E-state index contributed by atoms with van der Waals surface area (Å²) in [5, 5.41) is 0. The fourth-order valence-corrected chi connectivity index (χ4v) is 0. The molecule has 0 atom stereocenters. The Morgan fingerprint density at radius 1 is 0.333 bits per heavy atom. The van der Waals surface area contributed by atoms with E-state index in [0.717, 1.165) is 0 Å². The molecule has 0 bridgehead atoms. The first kappa shape index (κ1) is 103. The third-order valence-corrected chi connectivity index (χ3v) is 0. The molecule has 0 aliphatic rings. The topological polar surface area (TPSA) is 0 Å². The van der Waals surface area contributed by atoms with E-state index in [9.17, 15) is 0 Å². The lowest BCUT2D eigenvalue weighted by Gasteiger charge is -1.00. The van der Waals surface area contributed by atoms with Gasteiger partial charge < -0.3 is 37.2 Å². The van der Waals surface area contributed by atoms with Gasteiger partial charge in [-0.3, -0.25) is 0 Å². The molecular formula is H9Cl3S3. The van der Waals surface area contributed by atoms with Gasteiger partial charge in [-0.2, -0.15) is 0 Å². The predicted octanol–water partition coefficient (Wildman–Crippen LogP) is -11.4. The molecule has 6 heteroatoms. The molecule has 0 aliphatic carbocycles. The van der Waals surface area contributed by atoms with E-state index < -0.39 is 0 Å². The summed E-state index contributed by atoms with van der Waals surface area (Å²) in [4.78, 5) is 0. The van der Waals surface area contributed by atoms with Crippen LogP contribution in [0.5, 0.6) is 0 Å². The second-order valence-electron chi connectivity index (χ2n) is 0. The zero-order valence-electron chi connectivity index (χ0n) is 2.87. The van der Waals surface area contributed by atoms with Crippen LogP contribution in [0.3, 0.4) is 0 Å². The SMILES string of the molecule is [Cl-].[Cl-].[Cl-].[SH3+].[SH3+].[SH3+]. The Bertz CT molecular complexity index is 6.00. The molecule has 0 nitrogen and oxygen atoms in total. The summed E-state index contributed by atoms with van der Waals surface area (Å²) in [7, 11) is 0. The first-order valence-corrected chi connectivity index (χ1v) is 0. The molecule has 0 aromatic carbocycles. The van der Waals surface area contributed by atoms with Crippen molar-refractivity contribution in [3.63, 3.8) is 0 Å². The molecule has 0 saturated heterocycles. The van der Waals surface area contributed by atoms with Gasteiger partial charge in [0.05, 0.1) is 0 Å². The fraction of sp³-hybridized carbons (Fsp3) is 0. The minimum Gasteiger partial charge on any atom is -1.00 e. The highest BCUT2D eigenvalue weighted by atomic mass is 35.5. The Morgan fingerprint density at radius 3 is 0.333 bits per heavy atom. The van der Waals surface area contributed by atoms with Crippen LogP contribution >= 0.6 is 0 Å². The zero-order chi connectivity index (χ0) is 0. The van der Waals surface area contributed by atoms with Crippen LogP contribution in [0.15, 0.2) is 0 Å². The van der Waals surface area contributed by atoms with E-state index in [1.807, 2.05) is 0 Å². The molecule has 0 aromatic rings. The molecule has 48 valence electrons. The Hall–Kier alpha value is 1.92. The standard InChI is InChI=1S/3ClH.3H2S/h3*1H;3*1H2. The van der Waals surface area contributed by atoms with Gasteiger partial charge in [0.2, 0.25) is 0 Å². The van der Waals surface area contributed by atoms with E-state index in [1.165, 1.54) is 0 Å². The van der Waals surface area contributed by atoms with Crippen molar-refractivity contribution in [2.75, 3.05) is 0 Å². The lowest BCUT2D eigenvalue weighted by Crippen LogP contribution is -3.00. The van der Waals surface area contributed by atoms with Gasteiger partial charge in [-0.1, -0.05) is 40.5 Å². The minimum absolute atomic E-state index is 0. The maximum absolute atomic E-state index is 0. The van der Waals surface area contributed by atoms with Crippen molar-refractivity contribution >= 4 is 40.5 Å². The first-order valence-electron chi connectivity index (χ1n) is 0. The fourth-order valence-electron chi connectivity index (χ4n) is 0. The second kappa shape index (κ2) is 65.8. The molecule has 0 rings (SSSR count). The average molecular weight is 212 g/mol. The van der Waals surface area contributed by atoms with Crippen LogP contribution in [-0.4, -0.2) is 0 Å². The summed E-state index contributed by atoms with van der Waals surface area (Å²) in [5.41, 5.74) is 0. The van der Waals surface area contributed by atoms with Crippen LogP contribution < -0.4 is 37.2 Å². The van der Waals surface area contributed by atoms with E-state index in [0.29, 0.717) is 0 Å². The predicted molar refractivity (Wildman–Crippen MR) is 34.6 cm³/mol. The zero-order valence-corrected chi connectivity index (χ0v) is 8.60. The highest BCUT2D eigenvalue weighted by molar-refractivity contribution is 7.37. The molecule has 0 aliphatic heterocycles. The van der Waals surface area contributed by atoms with E-state index >= 15 is 0 Å². The third kappa shape index (κ3) is 38.9. The normalized spacial score (nSPS) is 0. The van der Waals surface area contributed by atoms with Crippen molar-refractivity contribution < 1.29 is 37.2 Å². The summed E-state index contributed by atoms with van der Waals surface area (Å²) in [6, 6.07) is 0. The maximum Gasteiger partial charge on any atom is -0.0576 e. The van der Waals surface area contributed by atoms with Gasteiger partial charge in [0.15, 0.2) is 0 Å². The number of halogens is 3. The van der Waals surface area contributed by atoms with Crippen LogP contribution in [0.25, 0.3) is 0 Å². The monoisotopic (exact) mass is 210 g/mol. The van der Waals surface area contributed by atoms with Crippen molar-refractivity contribution in [1.29, 1.82) is 0 Å². The van der Waals surface area contributed by atoms with Crippen LogP contribution in [0, 0.1) is 0 Å². The largest absolute Gasteiger partial charge is 1.00 e. The molecule has 0 spiro atoms. The van der Waals surface area contributed by atoms with Crippen LogP contribution in [0.4, 0.5) is 0 Å². The molecular weight excluding hydrogens is 203 g/mol. The molecule has 0 unspecified atom stereocenters. The number of rotatable bonds is 0. The molecule has 0 heterocycles. The first-order chi connectivity index (χ1) is 0. The molecule has 6 heavy (non-hydrogen) atoms. The summed E-state index contributed by atoms with van der Waals surface area (Å²) in [6.07, 6.45) is 0. The van der Waals surface area contributed by atoms with Crippen molar-refractivity contribution in [3.8, 4) is 0 Å². The van der Waals surface area contributed by atoms with Crippen LogP contribution in [0.2, 0.25) is 0 Å². The van der Waals surface area contributed by atoms with Crippen LogP contribution in [-0.2, 0) is 40.5 Å². The summed E-state index contributed by atoms with van der Waals surface area (Å²) in [6.45, 7) is 0. The number of hydrogen-bond donors (Lipinski definition) is 0. The van der Waals surface area contributed by atoms with Gasteiger partial charge in [-0.15, -0.1) is 0 Å². The smallest absolute Gasteiger partial charge is 0.0576 e. The average Bonchev–Trinajstić information content (AvgIpc) is 0. The molecule has 0 fully saturated rings. The van der Waals surface area contributed by atoms with Gasteiger partial charge in [0.1, 0.15) is 0 Å². The highest BCUT2D eigenvalue weighted by Crippen LogP contribution is -0.000397. The highest BCUT2D eigenvalue weighted by Gasteiger charge is -0.0556. The van der Waals surface area contributed by atoms with E-state index in [4.69, 9.17) is 0 Å². The Labute approximate surface area is 77.4 Å². The molecule has 0 aromatic heterocycles. The van der Waals surface area contributed by atoms with E-state index in [2.05, 4.69) is 0 Å². The van der Waals surface area contributed by atoms with Gasteiger partial charge in [0, 0.05) is 0 Å². The summed E-state index contributed by atoms with van der Waals surface area (Å²) in [5.74, 6) is 0. The summed E-state index contributed by atoms with van der Waals surface area (Å²) >= 11 is 0. The van der Waals surface area contributed by atoms with Crippen molar-refractivity contribution in [1.82, 2.24) is 0 Å². The van der Waals surface area contributed by atoms with Crippen molar-refractivity contribution in [2.24, 2.45) is 0 Å². The van der Waals surface area contributed by atoms with E-state index in [-0.39, 0.29) is 77.7 Å². The van der Waals surface area contributed by atoms with Crippen molar-refractivity contribution in [2.45, 2.75) is 0 Å². The van der Waals surface area contributed by atoms with Gasteiger partial charge in [-0.25, -0.2) is 0 Å². The molecule has 0 amide bonds. The maximum atomic E-state index is 0. The van der Waals surface area contributed by atoms with Gasteiger partial charge in [-0.05, 0) is 0 Å². The van der Waals surface area contributed by atoms with E-state index in [1.54, 1.807) is 0 Å². The Morgan fingerprint density at radius 2 is 0.333 bits per heavy atom. The lowest BCUT2D eigenvalue weighted by molar-refractivity contribution is -0.001000. The van der Waals surface area contributed by atoms with Crippen LogP contribution in [0.1, 0.15) is 0 Å². The third-order valence-electron chi connectivity index (χ3n) is 0. The Balaban J connectivity index is 0. The molecule has 0 N–H and O–H groups in total. The van der Waals surface area contributed by atoms with Gasteiger partial charge >= 0.3 is 0 Å². The minimum atomic E-state index is 0. The quantitative estimate of drug-likeness (QED) is 0.349. The lowest BCUT2D eigenvalue weighted by atomic mass is 32.1. The summed E-state index contributed by atoms with van der Waals surface area (Å²) < 4.78 is 0. The number of hydrogen-bond acceptors (Lipinski definition) is 0. The molecule has 0 radical (unpaired) electrons.